The number of carbonyl (C=O) groups excluding carboxylic acids is 1. The van der Waals surface area contributed by atoms with Crippen molar-refractivity contribution in [2.24, 2.45) is 0 Å². The molecule has 1 N–H and O–H groups in total. The van der Waals surface area contributed by atoms with E-state index in [0.29, 0.717) is 24.6 Å². The highest BCUT2D eigenvalue weighted by Gasteiger charge is 2.21. The Morgan fingerprint density at radius 2 is 2.15 bits per heavy atom. The first-order chi connectivity index (χ1) is 12.8. The molecule has 2 aromatic heterocycles. The molecule has 0 saturated carbocycles. The number of hydrogen-bond donors (Lipinski definition) is 1. The Balaban J connectivity index is 1.33. The maximum atomic E-state index is 11.9. The number of anilines is 1. The van der Waals surface area contributed by atoms with Crippen molar-refractivity contribution in [3.05, 3.63) is 66.9 Å². The van der Waals surface area contributed by atoms with Crippen LogP contribution in [-0.4, -0.2) is 28.4 Å². The average Bonchev–Trinajstić information content (AvgIpc) is 3.32. The van der Waals surface area contributed by atoms with Gasteiger partial charge in [0.15, 0.2) is 17.6 Å². The summed E-state index contributed by atoms with van der Waals surface area (Å²) in [5, 5.41) is 7.01. The van der Waals surface area contributed by atoms with Crippen LogP contribution < -0.4 is 14.8 Å². The minimum atomic E-state index is -0.257. The van der Waals surface area contributed by atoms with Crippen LogP contribution in [0.15, 0.2) is 65.5 Å². The second kappa shape index (κ2) is 7.18. The number of benzene rings is 1. The number of rotatable bonds is 5. The Morgan fingerprint density at radius 1 is 1.27 bits per heavy atom. The molecule has 0 bridgehead atoms. The van der Waals surface area contributed by atoms with Gasteiger partial charge >= 0.3 is 0 Å². The van der Waals surface area contributed by atoms with Gasteiger partial charge in [-0.1, -0.05) is 12.1 Å². The number of hydrogen-bond acceptors (Lipinski definition) is 5. The lowest BCUT2D eigenvalue weighted by Gasteiger charge is -2.26. The first kappa shape index (κ1) is 16.0. The Hall–Kier alpha value is -3.48. The minimum absolute atomic E-state index is 0.146. The highest BCUT2D eigenvalue weighted by molar-refractivity contribution is 6.01. The van der Waals surface area contributed by atoms with Gasteiger partial charge in [-0.2, -0.15) is 5.10 Å². The first-order valence-electron chi connectivity index (χ1n) is 8.20. The Labute approximate surface area is 149 Å². The van der Waals surface area contributed by atoms with Gasteiger partial charge in [0.1, 0.15) is 12.4 Å². The van der Waals surface area contributed by atoms with Gasteiger partial charge in [0, 0.05) is 12.3 Å². The smallest absolute Gasteiger partial charge is 0.248 e. The van der Waals surface area contributed by atoms with E-state index < -0.39 is 0 Å². The molecule has 1 aliphatic heterocycles. The van der Waals surface area contributed by atoms with Crippen LogP contribution in [0.25, 0.3) is 6.08 Å². The molecule has 3 heterocycles. The van der Waals surface area contributed by atoms with Crippen LogP contribution in [0, 0.1) is 0 Å². The molecule has 0 unspecified atom stereocenters. The van der Waals surface area contributed by atoms with E-state index in [9.17, 15) is 4.79 Å². The van der Waals surface area contributed by atoms with Gasteiger partial charge in [-0.15, -0.1) is 0 Å². The maximum absolute atomic E-state index is 11.9. The van der Waals surface area contributed by atoms with Crippen LogP contribution in [0.1, 0.15) is 5.76 Å². The largest absolute Gasteiger partial charge is 0.486 e. The highest BCUT2D eigenvalue weighted by atomic mass is 16.6. The summed E-state index contributed by atoms with van der Waals surface area (Å²) in [6.07, 6.45) is 7.76. The predicted octanol–water partition coefficient (Wildman–Crippen LogP) is 2.97. The zero-order chi connectivity index (χ0) is 17.8. The monoisotopic (exact) mass is 351 g/mol. The predicted molar refractivity (Wildman–Crippen MR) is 95.0 cm³/mol. The molecule has 26 heavy (non-hydrogen) atoms. The number of aromatic nitrogens is 2. The average molecular weight is 351 g/mol. The van der Waals surface area contributed by atoms with Gasteiger partial charge < -0.3 is 19.2 Å². The lowest BCUT2D eigenvalue weighted by atomic mass is 10.2. The van der Waals surface area contributed by atoms with Crippen LogP contribution in [0.2, 0.25) is 0 Å². The third-order valence-corrected chi connectivity index (χ3v) is 3.80. The van der Waals surface area contributed by atoms with E-state index in [1.807, 2.05) is 24.3 Å². The number of furan rings is 1. The molecule has 7 nitrogen and oxygen atoms in total. The number of carbonyl (C=O) groups is 1. The van der Waals surface area contributed by atoms with Crippen molar-refractivity contribution < 1.29 is 18.7 Å². The number of amides is 1. The van der Waals surface area contributed by atoms with Crippen molar-refractivity contribution in [1.29, 1.82) is 0 Å². The summed E-state index contributed by atoms with van der Waals surface area (Å²) in [6.45, 7) is 0.969. The minimum Gasteiger partial charge on any atom is -0.486 e. The first-order valence-corrected chi connectivity index (χ1v) is 8.20. The number of nitrogens with zero attached hydrogens (tertiary/aromatic N) is 2. The third kappa shape index (κ3) is 3.77. The number of para-hydroxylation sites is 2. The molecule has 132 valence electrons. The number of fused-ring (bicyclic) bond motifs is 1. The molecule has 1 amide bonds. The zero-order valence-corrected chi connectivity index (χ0v) is 13.9. The van der Waals surface area contributed by atoms with Crippen molar-refractivity contribution in [3.8, 4) is 11.5 Å². The van der Waals surface area contributed by atoms with E-state index >= 15 is 0 Å². The van der Waals surface area contributed by atoms with Crippen LogP contribution in [0.3, 0.4) is 0 Å². The Bertz CT molecular complexity index is 915. The summed E-state index contributed by atoms with van der Waals surface area (Å²) >= 11 is 0. The molecule has 0 saturated heterocycles. The maximum Gasteiger partial charge on any atom is 0.248 e. The second-order valence-electron chi connectivity index (χ2n) is 5.79. The fraction of sp³-hybridized carbons (Fsp3) is 0.158. The summed E-state index contributed by atoms with van der Waals surface area (Å²) in [4.78, 5) is 11.9. The molecule has 0 fully saturated rings. The molecule has 1 atom stereocenters. The summed E-state index contributed by atoms with van der Waals surface area (Å²) in [6, 6.07) is 11.1. The van der Waals surface area contributed by atoms with Gasteiger partial charge in [0.25, 0.3) is 0 Å². The summed E-state index contributed by atoms with van der Waals surface area (Å²) in [5.41, 5.74) is 0.608. The van der Waals surface area contributed by atoms with Crippen LogP contribution in [0.5, 0.6) is 11.5 Å². The van der Waals surface area contributed by atoms with Gasteiger partial charge in [-0.3, -0.25) is 9.48 Å². The van der Waals surface area contributed by atoms with Crippen LogP contribution >= 0.6 is 0 Å². The van der Waals surface area contributed by atoms with Gasteiger partial charge in [-0.25, -0.2) is 0 Å². The zero-order valence-electron chi connectivity index (χ0n) is 13.9. The Morgan fingerprint density at radius 3 is 3.00 bits per heavy atom. The summed E-state index contributed by atoms with van der Waals surface area (Å²) in [5.74, 6) is 1.84. The second-order valence-corrected chi connectivity index (χ2v) is 5.79. The normalized spacial score (nSPS) is 15.9. The molecule has 0 spiro atoms. The third-order valence-electron chi connectivity index (χ3n) is 3.80. The van der Waals surface area contributed by atoms with Crippen molar-refractivity contribution in [1.82, 2.24) is 9.78 Å². The van der Waals surface area contributed by atoms with Gasteiger partial charge in [0.2, 0.25) is 5.91 Å². The van der Waals surface area contributed by atoms with Crippen molar-refractivity contribution >= 4 is 17.7 Å². The molecule has 3 aromatic rings. The van der Waals surface area contributed by atoms with Gasteiger partial charge in [0.05, 0.1) is 24.7 Å². The van der Waals surface area contributed by atoms with E-state index in [2.05, 4.69) is 10.4 Å². The fourth-order valence-corrected chi connectivity index (χ4v) is 2.62. The van der Waals surface area contributed by atoms with Crippen molar-refractivity contribution in [2.75, 3.05) is 11.9 Å². The lowest BCUT2D eigenvalue weighted by molar-refractivity contribution is -0.111. The molecule has 4 rings (SSSR count). The molecule has 7 heteroatoms. The molecular formula is C19H17N3O4. The lowest BCUT2D eigenvalue weighted by Crippen LogP contribution is -2.33. The topological polar surface area (TPSA) is 78.5 Å². The highest BCUT2D eigenvalue weighted by Crippen LogP contribution is 2.31. The quantitative estimate of drug-likeness (QED) is 0.715. The molecular weight excluding hydrogens is 334 g/mol. The fourth-order valence-electron chi connectivity index (χ4n) is 2.62. The number of ether oxygens (including phenoxy) is 2. The van der Waals surface area contributed by atoms with Crippen LogP contribution in [0.4, 0.5) is 5.69 Å². The SMILES string of the molecule is O=C(/C=C/c1ccco1)Nc1cnn(C[C@H]2COc3ccccc3O2)c1. The standard InChI is InChI=1S/C19H17N3O4/c23-19(8-7-15-4-3-9-24-15)21-14-10-20-22(11-14)12-16-13-25-17-5-1-2-6-18(17)26-16/h1-11,16H,12-13H2,(H,21,23)/b8-7+/t16-/m0/s1. The van der Waals surface area contributed by atoms with E-state index in [4.69, 9.17) is 13.9 Å². The van der Waals surface area contributed by atoms with Crippen molar-refractivity contribution in [3.63, 3.8) is 0 Å². The van der Waals surface area contributed by atoms with E-state index in [1.165, 1.54) is 6.08 Å². The summed E-state index contributed by atoms with van der Waals surface area (Å²) < 4.78 is 18.5. The molecule has 0 radical (unpaired) electrons. The number of nitrogens with one attached hydrogen (secondary N) is 1. The molecule has 1 aliphatic rings. The van der Waals surface area contributed by atoms with Crippen LogP contribution in [-0.2, 0) is 11.3 Å². The summed E-state index contributed by atoms with van der Waals surface area (Å²) in [7, 11) is 0. The van der Waals surface area contributed by atoms with E-state index in [-0.39, 0.29) is 12.0 Å². The van der Waals surface area contributed by atoms with E-state index in [0.717, 1.165) is 11.5 Å². The Kier molecular flexibility index (Phi) is 4.42. The molecule has 1 aromatic carbocycles. The van der Waals surface area contributed by atoms with E-state index in [1.54, 1.807) is 41.5 Å². The van der Waals surface area contributed by atoms with Crippen molar-refractivity contribution in [2.45, 2.75) is 12.6 Å². The van der Waals surface area contributed by atoms with Gasteiger partial charge in [-0.05, 0) is 30.3 Å². The molecule has 0 aliphatic carbocycles.